The molecule has 1 unspecified atom stereocenters. The Labute approximate surface area is 212 Å². The van der Waals surface area contributed by atoms with Crippen LogP contribution < -0.4 is 21.3 Å². The lowest BCUT2D eigenvalue weighted by Crippen LogP contribution is -2.28. The summed E-state index contributed by atoms with van der Waals surface area (Å²) >= 11 is 0. The van der Waals surface area contributed by atoms with Crippen molar-refractivity contribution in [2.45, 2.75) is 19.4 Å². The number of amides is 3. The Morgan fingerprint density at radius 1 is 1.00 bits per heavy atom. The Hall–Kier alpha value is -5.06. The second kappa shape index (κ2) is 11.6. The first kappa shape index (κ1) is 25.0. The smallest absolute Gasteiger partial charge is 0.429 e. The molecule has 0 aliphatic carbocycles. The van der Waals surface area contributed by atoms with Crippen LogP contribution >= 0.6 is 0 Å². The summed E-state index contributed by atoms with van der Waals surface area (Å²) in [5.41, 5.74) is 8.70. The Kier molecular flexibility index (Phi) is 7.84. The number of nitrogens with zero attached hydrogens (tertiary/aromatic N) is 1. The summed E-state index contributed by atoms with van der Waals surface area (Å²) in [5.74, 6) is -0.0500. The summed E-state index contributed by atoms with van der Waals surface area (Å²) in [4.78, 5) is 37.7. The predicted octanol–water partition coefficient (Wildman–Crippen LogP) is 3.93. The number of cyclic esters (lactones) is 1. The van der Waals surface area contributed by atoms with Crippen molar-refractivity contribution < 1.29 is 28.6 Å². The van der Waals surface area contributed by atoms with Gasteiger partial charge in [0.1, 0.15) is 19.0 Å². The lowest BCUT2D eigenvalue weighted by molar-refractivity contribution is -0.0623. The molecule has 0 spiro atoms. The molecule has 37 heavy (non-hydrogen) atoms. The molecular weight excluding hydrogens is 478 g/mol. The summed E-state index contributed by atoms with van der Waals surface area (Å²) in [6.45, 7) is 0.312. The molecule has 3 aromatic rings. The van der Waals surface area contributed by atoms with E-state index in [1.807, 2.05) is 30.3 Å². The third-order valence-electron chi connectivity index (χ3n) is 5.37. The van der Waals surface area contributed by atoms with Gasteiger partial charge in [-0.25, -0.2) is 14.4 Å². The molecule has 3 amide bonds. The summed E-state index contributed by atoms with van der Waals surface area (Å²) in [7, 11) is 0. The average molecular weight is 504 g/mol. The van der Waals surface area contributed by atoms with Gasteiger partial charge in [0, 0.05) is 23.5 Å². The number of carbonyl (C=O) groups excluding carboxylic acids is 3. The highest BCUT2D eigenvalue weighted by molar-refractivity contribution is 5.96. The van der Waals surface area contributed by atoms with Crippen molar-refractivity contribution in [3.8, 4) is 0 Å². The van der Waals surface area contributed by atoms with Crippen molar-refractivity contribution in [2.75, 3.05) is 16.8 Å². The minimum Gasteiger partial charge on any atom is -0.429 e. The number of carbonyl (C=O) groups is 3. The quantitative estimate of drug-likeness (QED) is 0.206. The monoisotopic (exact) mass is 503 g/mol. The molecular formula is C26H25N5O6. The van der Waals surface area contributed by atoms with E-state index in [0.29, 0.717) is 16.9 Å². The molecule has 1 aliphatic heterocycles. The van der Waals surface area contributed by atoms with Crippen molar-refractivity contribution in [3.63, 3.8) is 0 Å². The second-order valence-corrected chi connectivity index (χ2v) is 8.03. The number of ether oxygens (including phenoxy) is 3. The van der Waals surface area contributed by atoms with Gasteiger partial charge in [0.15, 0.2) is 0 Å². The maximum atomic E-state index is 12.3. The number of nitrogens with two attached hydrogens (primary N) is 1. The van der Waals surface area contributed by atoms with Crippen LogP contribution in [0.4, 0.5) is 25.8 Å². The highest BCUT2D eigenvalue weighted by Gasteiger charge is 2.35. The van der Waals surface area contributed by atoms with Gasteiger partial charge >= 0.3 is 18.3 Å². The molecule has 0 bridgehead atoms. The van der Waals surface area contributed by atoms with E-state index < -0.39 is 24.6 Å². The number of hydrogen-bond donors (Lipinski definition) is 4. The SMILES string of the molecule is N=C(N)c1ccc(NC(=O)NCc2ccc(N3CC(OC(=O)OCc4ccccc4)OC3=O)cc2)cc1. The molecule has 4 rings (SSSR count). The largest absolute Gasteiger partial charge is 0.511 e. The van der Waals surface area contributed by atoms with Crippen LogP contribution in [0.15, 0.2) is 78.9 Å². The molecule has 1 saturated heterocycles. The van der Waals surface area contributed by atoms with Crippen LogP contribution in [0.3, 0.4) is 0 Å². The van der Waals surface area contributed by atoms with Gasteiger partial charge in [0.2, 0.25) is 0 Å². The van der Waals surface area contributed by atoms with E-state index in [-0.39, 0.29) is 25.5 Å². The van der Waals surface area contributed by atoms with Gasteiger partial charge in [-0.3, -0.25) is 10.3 Å². The number of rotatable bonds is 8. The Morgan fingerprint density at radius 3 is 2.38 bits per heavy atom. The maximum absolute atomic E-state index is 12.3. The zero-order valence-corrected chi connectivity index (χ0v) is 19.7. The van der Waals surface area contributed by atoms with Crippen LogP contribution in [0.2, 0.25) is 0 Å². The maximum Gasteiger partial charge on any atom is 0.511 e. The van der Waals surface area contributed by atoms with Crippen LogP contribution in [0.5, 0.6) is 0 Å². The van der Waals surface area contributed by atoms with Crippen molar-refractivity contribution >= 4 is 35.5 Å². The average Bonchev–Trinajstić information content (AvgIpc) is 3.27. The number of urea groups is 1. The third-order valence-corrected chi connectivity index (χ3v) is 5.37. The first-order chi connectivity index (χ1) is 17.9. The summed E-state index contributed by atoms with van der Waals surface area (Å²) < 4.78 is 15.3. The van der Waals surface area contributed by atoms with Gasteiger partial charge in [-0.1, -0.05) is 42.5 Å². The first-order valence-corrected chi connectivity index (χ1v) is 11.3. The molecule has 1 aliphatic rings. The summed E-state index contributed by atoms with van der Waals surface area (Å²) in [6, 6.07) is 22.2. The minimum atomic E-state index is -1.09. The lowest BCUT2D eigenvalue weighted by atomic mass is 10.2. The highest BCUT2D eigenvalue weighted by atomic mass is 16.8. The molecule has 0 radical (unpaired) electrons. The van der Waals surface area contributed by atoms with Crippen molar-refractivity contribution in [1.29, 1.82) is 5.41 Å². The molecule has 190 valence electrons. The van der Waals surface area contributed by atoms with Crippen LogP contribution in [0.25, 0.3) is 0 Å². The van der Waals surface area contributed by atoms with Crippen LogP contribution in [0, 0.1) is 5.41 Å². The number of amidine groups is 1. The van der Waals surface area contributed by atoms with Crippen LogP contribution in [-0.4, -0.2) is 37.0 Å². The van der Waals surface area contributed by atoms with Gasteiger partial charge in [0.25, 0.3) is 6.29 Å². The molecule has 1 atom stereocenters. The number of hydrogen-bond acceptors (Lipinski definition) is 7. The van der Waals surface area contributed by atoms with E-state index in [1.54, 1.807) is 48.5 Å². The Morgan fingerprint density at radius 2 is 1.70 bits per heavy atom. The lowest BCUT2D eigenvalue weighted by Gasteiger charge is -2.14. The van der Waals surface area contributed by atoms with E-state index >= 15 is 0 Å². The molecule has 0 aromatic heterocycles. The summed E-state index contributed by atoms with van der Waals surface area (Å²) in [6.07, 6.45) is -2.68. The predicted molar refractivity (Wildman–Crippen MR) is 135 cm³/mol. The van der Waals surface area contributed by atoms with Gasteiger partial charge in [-0.15, -0.1) is 0 Å². The minimum absolute atomic E-state index is 0.0156. The number of nitrogen functional groups attached to an aromatic ring is 1. The molecule has 11 heteroatoms. The van der Waals surface area contributed by atoms with Crippen molar-refractivity contribution in [3.05, 3.63) is 95.6 Å². The Bertz CT molecular complexity index is 1260. The van der Waals surface area contributed by atoms with Crippen LogP contribution in [-0.2, 0) is 27.4 Å². The van der Waals surface area contributed by atoms with Gasteiger partial charge in [-0.05, 0) is 47.5 Å². The fourth-order valence-electron chi connectivity index (χ4n) is 3.45. The molecule has 3 aromatic carbocycles. The van der Waals surface area contributed by atoms with Crippen molar-refractivity contribution in [1.82, 2.24) is 5.32 Å². The Balaban J connectivity index is 1.22. The van der Waals surface area contributed by atoms with E-state index in [4.69, 9.17) is 25.4 Å². The van der Waals surface area contributed by atoms with E-state index in [2.05, 4.69) is 10.6 Å². The third kappa shape index (κ3) is 6.98. The number of anilines is 2. The number of benzene rings is 3. The highest BCUT2D eigenvalue weighted by Crippen LogP contribution is 2.23. The molecule has 0 saturated carbocycles. The second-order valence-electron chi connectivity index (χ2n) is 8.03. The molecule has 5 N–H and O–H groups in total. The van der Waals surface area contributed by atoms with E-state index in [1.165, 1.54) is 4.90 Å². The first-order valence-electron chi connectivity index (χ1n) is 11.3. The van der Waals surface area contributed by atoms with Gasteiger partial charge in [-0.2, -0.15) is 0 Å². The van der Waals surface area contributed by atoms with Gasteiger partial charge < -0.3 is 30.6 Å². The van der Waals surface area contributed by atoms with E-state index in [0.717, 1.165) is 11.1 Å². The van der Waals surface area contributed by atoms with E-state index in [9.17, 15) is 14.4 Å². The topological polar surface area (TPSA) is 156 Å². The zero-order valence-electron chi connectivity index (χ0n) is 19.7. The van der Waals surface area contributed by atoms with Crippen LogP contribution in [0.1, 0.15) is 16.7 Å². The molecule has 11 nitrogen and oxygen atoms in total. The van der Waals surface area contributed by atoms with Crippen molar-refractivity contribution in [2.24, 2.45) is 5.73 Å². The fraction of sp³-hybridized carbons (Fsp3) is 0.154. The molecule has 1 fully saturated rings. The molecule has 1 heterocycles. The van der Waals surface area contributed by atoms with Gasteiger partial charge in [0.05, 0.1) is 0 Å². The normalized spacial score (nSPS) is 14.4. The fourth-order valence-corrected chi connectivity index (χ4v) is 3.45. The zero-order chi connectivity index (χ0) is 26.2. The summed E-state index contributed by atoms with van der Waals surface area (Å²) in [5, 5.41) is 12.8. The standard InChI is InChI=1S/C26H25N5O6/c27-23(28)19-8-10-20(11-9-19)30-24(32)29-14-17-6-12-21(13-7-17)31-15-22(36-25(31)33)37-26(34)35-16-18-4-2-1-3-5-18/h1-13,22H,14-16H2,(H3,27,28)(H2,29,30,32). The number of nitrogens with one attached hydrogen (secondary N) is 3.